The first-order chi connectivity index (χ1) is 22.0. The zero-order valence-electron chi connectivity index (χ0n) is 27.2. The number of carbonyl (C=O) groups excluding carboxylic acids is 4. The molecule has 1 fully saturated rings. The molecule has 1 aliphatic rings. The topological polar surface area (TPSA) is 169 Å². The summed E-state index contributed by atoms with van der Waals surface area (Å²) < 4.78 is 43.4. The highest BCUT2D eigenvalue weighted by Gasteiger charge is 2.35. The Morgan fingerprint density at radius 3 is 1.38 bits per heavy atom. The molecule has 0 bridgehead atoms. The van der Waals surface area contributed by atoms with E-state index in [0.29, 0.717) is 125 Å². The van der Waals surface area contributed by atoms with Crippen LogP contribution in [0.5, 0.6) is 0 Å². The highest BCUT2D eigenvalue weighted by Crippen LogP contribution is 2.18. The third-order valence-electron chi connectivity index (χ3n) is 6.25. The van der Waals surface area contributed by atoms with Crippen molar-refractivity contribution in [3.05, 3.63) is 0 Å². The van der Waals surface area contributed by atoms with Gasteiger partial charge in [-0.05, 0) is 6.42 Å². The lowest BCUT2D eigenvalue weighted by atomic mass is 10.1. The highest BCUT2D eigenvalue weighted by molar-refractivity contribution is 6.03. The third kappa shape index (κ3) is 23.7. The first-order valence-corrected chi connectivity index (χ1v) is 15.9. The first kappa shape index (κ1) is 40.8. The van der Waals surface area contributed by atoms with Crippen molar-refractivity contribution >= 4 is 23.6 Å². The lowest BCUT2D eigenvalue weighted by Crippen LogP contribution is -2.35. The lowest BCUT2D eigenvalue weighted by molar-refractivity contribution is -0.139. The number of hydrogen-bond acceptors (Lipinski definition) is 12. The molecule has 0 aromatic heterocycles. The van der Waals surface area contributed by atoms with E-state index >= 15 is 0 Å². The number of rotatable bonds is 32. The van der Waals surface area contributed by atoms with Crippen LogP contribution >= 0.6 is 0 Å². The van der Waals surface area contributed by atoms with Gasteiger partial charge in [-0.1, -0.05) is 13.8 Å². The van der Waals surface area contributed by atoms with Crippen LogP contribution in [0.15, 0.2) is 0 Å². The van der Waals surface area contributed by atoms with Gasteiger partial charge in [-0.2, -0.15) is 0 Å². The van der Waals surface area contributed by atoms with Gasteiger partial charge in [0, 0.05) is 44.8 Å². The highest BCUT2D eigenvalue weighted by atomic mass is 16.6. The summed E-state index contributed by atoms with van der Waals surface area (Å²) >= 11 is 0. The van der Waals surface area contributed by atoms with Crippen LogP contribution in [-0.2, 0) is 57.1 Å². The van der Waals surface area contributed by atoms with Crippen molar-refractivity contribution in [2.75, 3.05) is 125 Å². The van der Waals surface area contributed by atoms with E-state index in [2.05, 4.69) is 10.6 Å². The molecule has 0 aromatic rings. The van der Waals surface area contributed by atoms with E-state index in [9.17, 15) is 19.2 Å². The SMILES string of the molecule is CCCNC(=O)CCOCCOCCOCCOCCOCCOCCOCCOCCNC(=O)CCN1C(=O)CC(C)C1=O. The summed E-state index contributed by atoms with van der Waals surface area (Å²) in [5, 5.41) is 5.50. The van der Waals surface area contributed by atoms with Gasteiger partial charge >= 0.3 is 0 Å². The smallest absolute Gasteiger partial charge is 0.232 e. The predicted molar refractivity (Wildman–Crippen MR) is 163 cm³/mol. The molecule has 1 rings (SSSR count). The van der Waals surface area contributed by atoms with Gasteiger partial charge in [0.1, 0.15) is 0 Å². The number of imide groups is 1. The summed E-state index contributed by atoms with van der Waals surface area (Å²) in [6.07, 6.45) is 1.59. The number of hydrogen-bond donors (Lipinski definition) is 2. The monoisotopic (exact) mass is 649 g/mol. The lowest BCUT2D eigenvalue weighted by Gasteiger charge is -2.14. The Bertz CT molecular complexity index is 789. The first-order valence-electron chi connectivity index (χ1n) is 15.9. The summed E-state index contributed by atoms with van der Waals surface area (Å²) in [4.78, 5) is 48.0. The van der Waals surface area contributed by atoms with Gasteiger partial charge in [0.25, 0.3) is 0 Å². The van der Waals surface area contributed by atoms with Crippen molar-refractivity contribution in [1.29, 1.82) is 0 Å². The molecule has 1 aliphatic heterocycles. The van der Waals surface area contributed by atoms with Crippen molar-refractivity contribution in [2.45, 2.75) is 39.5 Å². The average Bonchev–Trinajstić information content (AvgIpc) is 3.27. The zero-order valence-corrected chi connectivity index (χ0v) is 27.2. The molecule has 0 radical (unpaired) electrons. The van der Waals surface area contributed by atoms with Crippen LogP contribution in [0, 0.1) is 5.92 Å². The van der Waals surface area contributed by atoms with E-state index in [1.54, 1.807) is 6.92 Å². The second-order valence-corrected chi connectivity index (χ2v) is 10.1. The van der Waals surface area contributed by atoms with Gasteiger partial charge in [-0.3, -0.25) is 24.1 Å². The summed E-state index contributed by atoms with van der Waals surface area (Å²) in [6.45, 7) is 12.0. The zero-order chi connectivity index (χ0) is 32.8. The molecule has 0 aromatic carbocycles. The minimum absolute atomic E-state index is 0.00767. The largest absolute Gasteiger partial charge is 0.379 e. The van der Waals surface area contributed by atoms with E-state index in [-0.39, 0.29) is 48.9 Å². The molecule has 1 heterocycles. The van der Waals surface area contributed by atoms with Gasteiger partial charge in [0.05, 0.1) is 106 Å². The molecule has 45 heavy (non-hydrogen) atoms. The Balaban J connectivity index is 1.69. The Kier molecular flexibility index (Phi) is 26.4. The molecule has 0 spiro atoms. The summed E-state index contributed by atoms with van der Waals surface area (Å²) in [5.74, 6) is -0.952. The summed E-state index contributed by atoms with van der Waals surface area (Å²) in [6, 6.07) is 0. The second-order valence-electron chi connectivity index (χ2n) is 10.1. The molecule has 15 heteroatoms. The molecular formula is C30H55N3O12. The number of likely N-dealkylation sites (tertiary alicyclic amines) is 1. The van der Waals surface area contributed by atoms with Gasteiger partial charge in [-0.15, -0.1) is 0 Å². The van der Waals surface area contributed by atoms with Crippen LogP contribution in [-0.4, -0.2) is 154 Å². The Hall–Kier alpha value is -2.24. The number of amides is 4. The molecule has 2 N–H and O–H groups in total. The van der Waals surface area contributed by atoms with Crippen molar-refractivity contribution in [2.24, 2.45) is 5.92 Å². The van der Waals surface area contributed by atoms with Crippen molar-refractivity contribution in [3.63, 3.8) is 0 Å². The second kappa shape index (κ2) is 29.2. The van der Waals surface area contributed by atoms with E-state index in [1.807, 2.05) is 6.92 Å². The van der Waals surface area contributed by atoms with E-state index in [4.69, 9.17) is 37.9 Å². The van der Waals surface area contributed by atoms with E-state index in [0.717, 1.165) is 11.3 Å². The average molecular weight is 650 g/mol. The molecule has 1 unspecified atom stereocenters. The van der Waals surface area contributed by atoms with E-state index < -0.39 is 0 Å². The maximum atomic E-state index is 11.9. The van der Waals surface area contributed by atoms with Crippen LogP contribution in [0.2, 0.25) is 0 Å². The molecule has 0 saturated carbocycles. The fourth-order valence-corrected chi connectivity index (χ4v) is 3.81. The summed E-state index contributed by atoms with van der Waals surface area (Å²) in [5.41, 5.74) is 0. The van der Waals surface area contributed by atoms with Crippen LogP contribution in [0.25, 0.3) is 0 Å². The van der Waals surface area contributed by atoms with Crippen molar-refractivity contribution in [3.8, 4) is 0 Å². The number of nitrogens with one attached hydrogen (secondary N) is 2. The normalized spacial score (nSPS) is 14.8. The minimum atomic E-state index is -0.300. The van der Waals surface area contributed by atoms with Gasteiger partial charge < -0.3 is 48.5 Å². The quantitative estimate of drug-likeness (QED) is 0.0737. The van der Waals surface area contributed by atoms with Gasteiger partial charge in [0.2, 0.25) is 23.6 Å². The summed E-state index contributed by atoms with van der Waals surface area (Å²) in [7, 11) is 0. The molecule has 262 valence electrons. The Morgan fingerprint density at radius 1 is 0.600 bits per heavy atom. The van der Waals surface area contributed by atoms with Crippen LogP contribution in [0.3, 0.4) is 0 Å². The fraction of sp³-hybridized carbons (Fsp3) is 0.867. The maximum Gasteiger partial charge on any atom is 0.232 e. The van der Waals surface area contributed by atoms with Crippen molar-refractivity contribution in [1.82, 2.24) is 15.5 Å². The molecule has 15 nitrogen and oxygen atoms in total. The predicted octanol–water partition coefficient (Wildman–Crippen LogP) is -0.0632. The van der Waals surface area contributed by atoms with Crippen LogP contribution < -0.4 is 10.6 Å². The standard InChI is InChI=1S/C30H55N3O12/c1-3-6-31-28(35)5-9-38-11-13-40-15-17-42-19-21-44-23-24-45-22-20-43-18-16-41-14-12-39-10-7-32-27(34)4-8-33-29(36)25-26(2)30(33)37/h26H,3-25H2,1-2H3,(H,31,35)(H,32,34). The van der Waals surface area contributed by atoms with Gasteiger partial charge in [0.15, 0.2) is 0 Å². The Labute approximate surface area is 267 Å². The number of ether oxygens (including phenoxy) is 8. The molecule has 1 atom stereocenters. The number of carbonyl (C=O) groups is 4. The van der Waals surface area contributed by atoms with E-state index in [1.165, 1.54) is 0 Å². The number of nitrogens with zero attached hydrogens (tertiary/aromatic N) is 1. The Morgan fingerprint density at radius 2 is 0.978 bits per heavy atom. The molecule has 4 amide bonds. The molecule has 1 saturated heterocycles. The molecule has 0 aliphatic carbocycles. The molecular weight excluding hydrogens is 594 g/mol. The van der Waals surface area contributed by atoms with Gasteiger partial charge in [-0.25, -0.2) is 0 Å². The van der Waals surface area contributed by atoms with Crippen molar-refractivity contribution < 1.29 is 57.1 Å². The van der Waals surface area contributed by atoms with Crippen LogP contribution in [0.4, 0.5) is 0 Å². The minimum Gasteiger partial charge on any atom is -0.379 e. The maximum absolute atomic E-state index is 11.9. The third-order valence-corrected chi connectivity index (χ3v) is 6.25. The van der Waals surface area contributed by atoms with Crippen LogP contribution in [0.1, 0.15) is 39.5 Å². The fourth-order valence-electron chi connectivity index (χ4n) is 3.81.